The third kappa shape index (κ3) is 2.98. The summed E-state index contributed by atoms with van der Waals surface area (Å²) in [5, 5.41) is 5.33. The summed E-state index contributed by atoms with van der Waals surface area (Å²) in [6.45, 7) is 3.68. The molecule has 3 rings (SSSR count). The summed E-state index contributed by atoms with van der Waals surface area (Å²) >= 11 is 0. The Morgan fingerprint density at radius 2 is 1.96 bits per heavy atom. The second-order valence-corrected chi connectivity index (χ2v) is 8.06. The number of nitrogens with zero attached hydrogens (tertiary/aromatic N) is 5. The monoisotopic (exact) mass is 333 g/mol. The molecule has 0 aliphatic heterocycles. The van der Waals surface area contributed by atoms with E-state index in [9.17, 15) is 8.42 Å². The van der Waals surface area contributed by atoms with Crippen LogP contribution in [0, 0.1) is 6.92 Å². The SMILES string of the molecule is Cc1nc2c3ccccc3nc(N(C)[C@@H](C)CS(C)(=O)=O)n2n1. The van der Waals surface area contributed by atoms with Crippen molar-refractivity contribution in [2.24, 2.45) is 0 Å². The Balaban J connectivity index is 2.19. The molecule has 0 aliphatic carbocycles. The normalized spacial score (nSPS) is 13.6. The van der Waals surface area contributed by atoms with Gasteiger partial charge in [-0.2, -0.15) is 4.52 Å². The fourth-order valence-electron chi connectivity index (χ4n) is 2.62. The zero-order valence-electron chi connectivity index (χ0n) is 13.6. The highest BCUT2D eigenvalue weighted by atomic mass is 32.2. The van der Waals surface area contributed by atoms with Crippen molar-refractivity contribution >= 4 is 32.3 Å². The Morgan fingerprint density at radius 3 is 2.65 bits per heavy atom. The molecule has 122 valence electrons. The number of aryl methyl sites for hydroxylation is 1. The average molecular weight is 333 g/mol. The van der Waals surface area contributed by atoms with Crippen LogP contribution in [-0.4, -0.2) is 53.1 Å². The summed E-state index contributed by atoms with van der Waals surface area (Å²) in [5.74, 6) is 1.27. The van der Waals surface area contributed by atoms with Crippen molar-refractivity contribution in [1.82, 2.24) is 19.6 Å². The van der Waals surface area contributed by atoms with Gasteiger partial charge in [0.2, 0.25) is 5.95 Å². The van der Waals surface area contributed by atoms with Gasteiger partial charge in [-0.1, -0.05) is 12.1 Å². The standard InChI is InChI=1S/C15H19N5O2S/c1-10(9-23(4,21)22)19(3)15-17-13-8-6-5-7-12(13)14-16-11(2)18-20(14)15/h5-8,10H,9H2,1-4H3/t10-/m0/s1. The summed E-state index contributed by atoms with van der Waals surface area (Å²) in [5.41, 5.74) is 1.53. The predicted molar refractivity (Wildman–Crippen MR) is 90.6 cm³/mol. The van der Waals surface area contributed by atoms with E-state index in [1.54, 1.807) is 4.52 Å². The fourth-order valence-corrected chi connectivity index (χ4v) is 3.72. The molecule has 0 saturated heterocycles. The molecule has 0 radical (unpaired) electrons. The van der Waals surface area contributed by atoms with Gasteiger partial charge in [-0.05, 0) is 26.0 Å². The van der Waals surface area contributed by atoms with Gasteiger partial charge in [0.15, 0.2) is 5.65 Å². The molecule has 0 amide bonds. The average Bonchev–Trinajstić information content (AvgIpc) is 2.85. The first-order chi connectivity index (χ1) is 10.8. The molecule has 2 aromatic heterocycles. The van der Waals surface area contributed by atoms with Crippen molar-refractivity contribution in [2.45, 2.75) is 19.9 Å². The van der Waals surface area contributed by atoms with Crippen LogP contribution in [0.4, 0.5) is 5.95 Å². The highest BCUT2D eigenvalue weighted by molar-refractivity contribution is 7.90. The Morgan fingerprint density at radius 1 is 1.26 bits per heavy atom. The number of hydrogen-bond acceptors (Lipinski definition) is 6. The number of aromatic nitrogens is 4. The smallest absolute Gasteiger partial charge is 0.229 e. The third-order valence-corrected chi connectivity index (χ3v) is 4.88. The van der Waals surface area contributed by atoms with Crippen molar-refractivity contribution in [1.29, 1.82) is 0 Å². The van der Waals surface area contributed by atoms with E-state index in [1.807, 2.05) is 50.1 Å². The van der Waals surface area contributed by atoms with Gasteiger partial charge < -0.3 is 4.90 Å². The highest BCUT2D eigenvalue weighted by Gasteiger charge is 2.21. The van der Waals surface area contributed by atoms with Gasteiger partial charge >= 0.3 is 0 Å². The van der Waals surface area contributed by atoms with E-state index in [0.29, 0.717) is 11.8 Å². The van der Waals surface area contributed by atoms with Crippen LogP contribution in [0.15, 0.2) is 24.3 Å². The molecule has 1 atom stereocenters. The van der Waals surface area contributed by atoms with Crippen LogP contribution in [0.1, 0.15) is 12.7 Å². The molecular weight excluding hydrogens is 314 g/mol. The van der Waals surface area contributed by atoms with Crippen LogP contribution in [-0.2, 0) is 9.84 Å². The second kappa shape index (κ2) is 5.45. The molecule has 0 spiro atoms. The van der Waals surface area contributed by atoms with Crippen molar-refractivity contribution in [3.8, 4) is 0 Å². The number of fused-ring (bicyclic) bond motifs is 3. The molecule has 0 unspecified atom stereocenters. The van der Waals surface area contributed by atoms with E-state index in [-0.39, 0.29) is 11.8 Å². The lowest BCUT2D eigenvalue weighted by Gasteiger charge is -2.25. The van der Waals surface area contributed by atoms with E-state index in [4.69, 9.17) is 0 Å². The molecule has 3 aromatic rings. The lowest BCUT2D eigenvalue weighted by molar-refractivity contribution is 0.591. The third-order valence-electron chi connectivity index (χ3n) is 3.79. The summed E-state index contributed by atoms with van der Waals surface area (Å²) < 4.78 is 24.8. The number of sulfone groups is 1. The van der Waals surface area contributed by atoms with Crippen molar-refractivity contribution in [3.05, 3.63) is 30.1 Å². The van der Waals surface area contributed by atoms with Crippen molar-refractivity contribution < 1.29 is 8.42 Å². The largest absolute Gasteiger partial charge is 0.340 e. The molecular formula is C15H19N5O2S. The first-order valence-electron chi connectivity index (χ1n) is 7.29. The van der Waals surface area contributed by atoms with Crippen LogP contribution < -0.4 is 4.90 Å². The maximum absolute atomic E-state index is 11.6. The predicted octanol–water partition coefficient (Wildman–Crippen LogP) is 1.46. The number of anilines is 1. The number of benzene rings is 1. The Kier molecular flexibility index (Phi) is 3.71. The minimum absolute atomic E-state index is 0.0488. The van der Waals surface area contributed by atoms with Crippen LogP contribution >= 0.6 is 0 Å². The van der Waals surface area contributed by atoms with Gasteiger partial charge in [-0.25, -0.2) is 18.4 Å². The van der Waals surface area contributed by atoms with E-state index >= 15 is 0 Å². The van der Waals surface area contributed by atoms with Crippen molar-refractivity contribution in [2.75, 3.05) is 24.0 Å². The van der Waals surface area contributed by atoms with Crippen LogP contribution in [0.2, 0.25) is 0 Å². The maximum Gasteiger partial charge on any atom is 0.229 e. The Hall–Kier alpha value is -2.22. The summed E-state index contributed by atoms with van der Waals surface area (Å²) in [4.78, 5) is 11.0. The molecule has 8 heteroatoms. The quantitative estimate of drug-likeness (QED) is 0.719. The van der Waals surface area contributed by atoms with Gasteiger partial charge in [-0.3, -0.25) is 0 Å². The fraction of sp³-hybridized carbons (Fsp3) is 0.400. The lowest BCUT2D eigenvalue weighted by atomic mass is 10.2. The first-order valence-corrected chi connectivity index (χ1v) is 9.35. The zero-order chi connectivity index (χ0) is 16.8. The minimum Gasteiger partial charge on any atom is -0.340 e. The summed E-state index contributed by atoms with van der Waals surface area (Å²) in [7, 11) is -1.26. The first kappa shape index (κ1) is 15.7. The molecule has 0 saturated carbocycles. The van der Waals surface area contributed by atoms with E-state index in [2.05, 4.69) is 15.1 Å². The van der Waals surface area contributed by atoms with E-state index in [0.717, 1.165) is 16.6 Å². The molecule has 0 fully saturated rings. The van der Waals surface area contributed by atoms with Crippen LogP contribution in [0.25, 0.3) is 16.6 Å². The van der Waals surface area contributed by atoms with Gasteiger partial charge in [0, 0.05) is 24.7 Å². The summed E-state index contributed by atoms with van der Waals surface area (Å²) in [6.07, 6.45) is 1.24. The minimum atomic E-state index is -3.08. The van der Waals surface area contributed by atoms with Crippen LogP contribution in [0.3, 0.4) is 0 Å². The molecule has 0 bridgehead atoms. The molecule has 7 nitrogen and oxygen atoms in total. The second-order valence-electron chi connectivity index (χ2n) is 5.88. The van der Waals surface area contributed by atoms with Crippen LogP contribution in [0.5, 0.6) is 0 Å². The highest BCUT2D eigenvalue weighted by Crippen LogP contribution is 2.23. The van der Waals surface area contributed by atoms with Gasteiger partial charge in [-0.15, -0.1) is 5.10 Å². The van der Waals surface area contributed by atoms with E-state index < -0.39 is 9.84 Å². The maximum atomic E-state index is 11.6. The lowest BCUT2D eigenvalue weighted by Crippen LogP contribution is -2.36. The zero-order valence-corrected chi connectivity index (χ0v) is 14.4. The van der Waals surface area contributed by atoms with Gasteiger partial charge in [0.1, 0.15) is 15.7 Å². The molecule has 1 aromatic carbocycles. The Bertz CT molecular complexity index is 980. The topological polar surface area (TPSA) is 80.5 Å². The summed E-state index contributed by atoms with van der Waals surface area (Å²) in [6, 6.07) is 7.49. The number of rotatable bonds is 4. The van der Waals surface area contributed by atoms with E-state index in [1.165, 1.54) is 6.26 Å². The molecule has 0 aliphatic rings. The molecule has 2 heterocycles. The Labute approximate surface area is 134 Å². The molecule has 23 heavy (non-hydrogen) atoms. The van der Waals surface area contributed by atoms with Gasteiger partial charge in [0.25, 0.3) is 0 Å². The number of para-hydroxylation sites is 1. The van der Waals surface area contributed by atoms with Gasteiger partial charge in [0.05, 0.1) is 11.3 Å². The number of hydrogen-bond donors (Lipinski definition) is 0. The molecule has 0 N–H and O–H groups in total. The van der Waals surface area contributed by atoms with Crippen molar-refractivity contribution in [3.63, 3.8) is 0 Å².